The molecule has 0 amide bonds. The summed E-state index contributed by atoms with van der Waals surface area (Å²) in [7, 11) is 0. The van der Waals surface area contributed by atoms with Gasteiger partial charge < -0.3 is 0 Å². The van der Waals surface area contributed by atoms with E-state index in [2.05, 4.69) is 6.07 Å². The first-order valence-electron chi connectivity index (χ1n) is 6.13. The molecule has 0 unspecified atom stereocenters. The molecule has 0 spiro atoms. The zero-order valence-electron chi connectivity index (χ0n) is 10.4. The maximum absolute atomic E-state index is 13.1. The first-order chi connectivity index (χ1) is 9.15. The summed E-state index contributed by atoms with van der Waals surface area (Å²) in [5.41, 5.74) is 0.572. The number of ketones is 1. The Morgan fingerprint density at radius 2 is 2.16 bits per heavy atom. The number of hydrogen-bond acceptors (Lipinski definition) is 2. The summed E-state index contributed by atoms with van der Waals surface area (Å²) in [6.07, 6.45) is 2.46. The van der Waals surface area contributed by atoms with Crippen LogP contribution in [0.5, 0.6) is 0 Å². The minimum Gasteiger partial charge on any atom is -0.299 e. The Bertz CT molecular complexity index is 551. The molecule has 1 aromatic carbocycles. The number of carbonyl (C=O) groups is 1. The fourth-order valence-electron chi connectivity index (χ4n) is 1.89. The van der Waals surface area contributed by atoms with Crippen LogP contribution in [0.2, 0.25) is 5.02 Å². The van der Waals surface area contributed by atoms with Crippen LogP contribution in [0.3, 0.4) is 0 Å². The molecular formula is C15H14ClFOS. The van der Waals surface area contributed by atoms with Crippen molar-refractivity contribution in [3.63, 3.8) is 0 Å². The number of aryl methyl sites for hydroxylation is 1. The van der Waals surface area contributed by atoms with E-state index in [-0.39, 0.29) is 18.0 Å². The van der Waals surface area contributed by atoms with Gasteiger partial charge in [-0.05, 0) is 48.1 Å². The number of carbonyl (C=O) groups excluding carboxylic acids is 1. The van der Waals surface area contributed by atoms with Crippen molar-refractivity contribution in [3.8, 4) is 0 Å². The molecule has 0 aliphatic heterocycles. The molecule has 0 bridgehead atoms. The van der Waals surface area contributed by atoms with E-state index in [0.717, 1.165) is 12.8 Å². The van der Waals surface area contributed by atoms with Crippen molar-refractivity contribution in [2.24, 2.45) is 0 Å². The number of benzene rings is 1. The smallest absolute Gasteiger partial charge is 0.137 e. The summed E-state index contributed by atoms with van der Waals surface area (Å²) in [5, 5.41) is 2.48. The highest BCUT2D eigenvalue weighted by molar-refractivity contribution is 7.09. The lowest BCUT2D eigenvalue weighted by molar-refractivity contribution is -0.118. The van der Waals surface area contributed by atoms with Gasteiger partial charge in [0.1, 0.15) is 11.6 Å². The lowest BCUT2D eigenvalue weighted by Crippen LogP contribution is -2.04. The Hall–Kier alpha value is -1.19. The molecule has 1 heterocycles. The van der Waals surface area contributed by atoms with Gasteiger partial charge in [0, 0.05) is 22.7 Å². The van der Waals surface area contributed by atoms with Crippen molar-refractivity contribution < 1.29 is 9.18 Å². The van der Waals surface area contributed by atoms with Gasteiger partial charge in [0.2, 0.25) is 0 Å². The zero-order valence-corrected chi connectivity index (χ0v) is 11.9. The summed E-state index contributed by atoms with van der Waals surface area (Å²) in [4.78, 5) is 13.1. The van der Waals surface area contributed by atoms with Crippen LogP contribution in [0.15, 0.2) is 35.7 Å². The number of hydrogen-bond donors (Lipinski definition) is 0. The molecule has 0 saturated carbocycles. The largest absolute Gasteiger partial charge is 0.299 e. The maximum atomic E-state index is 13.1. The number of rotatable bonds is 6. The maximum Gasteiger partial charge on any atom is 0.137 e. The molecule has 1 aromatic heterocycles. The Morgan fingerprint density at radius 3 is 2.89 bits per heavy atom. The fraction of sp³-hybridized carbons (Fsp3) is 0.267. The van der Waals surface area contributed by atoms with Gasteiger partial charge in [-0.3, -0.25) is 4.79 Å². The molecular weight excluding hydrogens is 283 g/mol. The molecule has 19 heavy (non-hydrogen) atoms. The minimum absolute atomic E-state index is 0.101. The van der Waals surface area contributed by atoms with Crippen molar-refractivity contribution in [1.29, 1.82) is 0 Å². The van der Waals surface area contributed by atoms with Gasteiger partial charge in [0.05, 0.1) is 0 Å². The van der Waals surface area contributed by atoms with E-state index in [1.54, 1.807) is 11.3 Å². The van der Waals surface area contributed by atoms with Gasteiger partial charge in [0.15, 0.2) is 0 Å². The van der Waals surface area contributed by atoms with E-state index in [1.807, 2.05) is 11.4 Å². The van der Waals surface area contributed by atoms with E-state index < -0.39 is 0 Å². The van der Waals surface area contributed by atoms with Gasteiger partial charge in [-0.25, -0.2) is 4.39 Å². The number of Topliss-reactive ketones (excluding diaryl/α,β-unsaturated/α-hetero) is 1. The van der Waals surface area contributed by atoms with E-state index in [0.29, 0.717) is 17.0 Å². The van der Waals surface area contributed by atoms with Gasteiger partial charge >= 0.3 is 0 Å². The molecule has 0 N–H and O–H groups in total. The Morgan fingerprint density at radius 1 is 1.32 bits per heavy atom. The van der Waals surface area contributed by atoms with E-state index >= 15 is 0 Å². The molecule has 0 aliphatic carbocycles. The Labute approximate surface area is 121 Å². The topological polar surface area (TPSA) is 17.1 Å². The second-order valence-corrected chi connectivity index (χ2v) is 5.82. The molecule has 100 valence electrons. The van der Waals surface area contributed by atoms with Gasteiger partial charge in [-0.15, -0.1) is 11.3 Å². The van der Waals surface area contributed by atoms with Crippen LogP contribution in [0.4, 0.5) is 4.39 Å². The average molecular weight is 297 g/mol. The lowest BCUT2D eigenvalue weighted by atomic mass is 10.0. The summed E-state index contributed by atoms with van der Waals surface area (Å²) in [6, 6.07) is 8.20. The molecule has 4 heteroatoms. The molecule has 2 aromatic rings. The van der Waals surface area contributed by atoms with Gasteiger partial charge in [-0.1, -0.05) is 17.7 Å². The molecule has 0 atom stereocenters. The third-order valence-electron chi connectivity index (χ3n) is 2.85. The van der Waals surface area contributed by atoms with Crippen molar-refractivity contribution >= 4 is 28.7 Å². The van der Waals surface area contributed by atoms with Gasteiger partial charge in [0.25, 0.3) is 0 Å². The van der Waals surface area contributed by atoms with E-state index in [1.165, 1.54) is 23.1 Å². The second-order valence-electron chi connectivity index (χ2n) is 4.38. The highest BCUT2D eigenvalue weighted by Gasteiger charge is 2.08. The van der Waals surface area contributed by atoms with Crippen LogP contribution in [-0.4, -0.2) is 5.78 Å². The van der Waals surface area contributed by atoms with Crippen molar-refractivity contribution in [1.82, 2.24) is 0 Å². The molecule has 0 aliphatic rings. The van der Waals surface area contributed by atoms with Gasteiger partial charge in [-0.2, -0.15) is 0 Å². The van der Waals surface area contributed by atoms with Crippen molar-refractivity contribution in [2.75, 3.05) is 0 Å². The third kappa shape index (κ3) is 4.44. The summed E-state index contributed by atoms with van der Waals surface area (Å²) >= 11 is 7.64. The normalized spacial score (nSPS) is 10.6. The van der Waals surface area contributed by atoms with E-state index in [9.17, 15) is 9.18 Å². The van der Waals surface area contributed by atoms with E-state index in [4.69, 9.17) is 11.6 Å². The Balaban J connectivity index is 1.82. The SMILES string of the molecule is O=C(CCCc1cccs1)Cc1cc(F)ccc1Cl. The summed E-state index contributed by atoms with van der Waals surface area (Å²) in [5.74, 6) is -0.255. The predicted octanol–water partition coefficient (Wildman–Crippen LogP) is 4.68. The first-order valence-corrected chi connectivity index (χ1v) is 7.39. The van der Waals surface area contributed by atoms with Crippen LogP contribution in [0.25, 0.3) is 0 Å². The minimum atomic E-state index is -0.356. The quantitative estimate of drug-likeness (QED) is 0.757. The van der Waals surface area contributed by atoms with Crippen molar-refractivity contribution in [2.45, 2.75) is 25.7 Å². The highest BCUT2D eigenvalue weighted by atomic mass is 35.5. The number of halogens is 2. The molecule has 2 rings (SSSR count). The fourth-order valence-corrected chi connectivity index (χ4v) is 2.83. The van der Waals surface area contributed by atoms with Crippen molar-refractivity contribution in [3.05, 3.63) is 57.0 Å². The summed E-state index contributed by atoms with van der Waals surface area (Å²) in [6.45, 7) is 0. The molecule has 0 fully saturated rings. The number of thiophene rings is 1. The second kappa shape index (κ2) is 6.83. The third-order valence-corrected chi connectivity index (χ3v) is 4.16. The van der Waals surface area contributed by atoms with Crippen LogP contribution >= 0.6 is 22.9 Å². The molecule has 0 saturated heterocycles. The Kier molecular flexibility index (Phi) is 5.11. The molecule has 0 radical (unpaired) electrons. The predicted molar refractivity (Wildman–Crippen MR) is 77.4 cm³/mol. The summed E-state index contributed by atoms with van der Waals surface area (Å²) < 4.78 is 13.1. The average Bonchev–Trinajstić information content (AvgIpc) is 2.87. The zero-order chi connectivity index (χ0) is 13.7. The lowest BCUT2D eigenvalue weighted by Gasteiger charge is -2.04. The van der Waals surface area contributed by atoms with Crippen LogP contribution in [0, 0.1) is 5.82 Å². The standard InChI is InChI=1S/C15H14ClFOS/c16-15-7-6-12(17)9-11(15)10-13(18)3-1-4-14-5-2-8-19-14/h2,5-9H,1,3-4,10H2. The van der Waals surface area contributed by atoms with Crippen LogP contribution in [-0.2, 0) is 17.6 Å². The first kappa shape index (κ1) is 14.2. The van der Waals surface area contributed by atoms with Crippen LogP contribution in [0.1, 0.15) is 23.3 Å². The molecule has 1 nitrogen and oxygen atoms in total. The highest BCUT2D eigenvalue weighted by Crippen LogP contribution is 2.19. The van der Waals surface area contributed by atoms with Crippen LogP contribution < -0.4 is 0 Å². The monoisotopic (exact) mass is 296 g/mol.